The van der Waals surface area contributed by atoms with Gasteiger partial charge < -0.3 is 10.8 Å². The smallest absolute Gasteiger partial charge is 0.322 e. The van der Waals surface area contributed by atoms with E-state index in [0.717, 1.165) is 0 Å². The Morgan fingerprint density at radius 1 is 1.25 bits per heavy atom. The monoisotopic (exact) mass is 299 g/mol. The highest BCUT2D eigenvalue weighted by Crippen LogP contribution is 2.20. The third kappa shape index (κ3) is 3.57. The third-order valence-corrected chi connectivity index (χ3v) is 5.11. The highest BCUT2D eigenvalue weighted by molar-refractivity contribution is 7.92. The molecule has 0 aliphatic heterocycles. The number of primary amides is 1. The summed E-state index contributed by atoms with van der Waals surface area (Å²) in [6.07, 6.45) is 0. The van der Waals surface area contributed by atoms with E-state index in [9.17, 15) is 18.0 Å². The van der Waals surface area contributed by atoms with Crippen molar-refractivity contribution in [2.75, 3.05) is 0 Å². The van der Waals surface area contributed by atoms with Crippen molar-refractivity contribution in [3.8, 4) is 0 Å². The molecule has 1 amide bonds. The normalized spacial score (nSPS) is 13.2. The summed E-state index contributed by atoms with van der Waals surface area (Å²) in [6, 6.07) is 6.00. The number of benzene rings is 1. The summed E-state index contributed by atoms with van der Waals surface area (Å²) in [7, 11) is -3.94. The first-order valence-electron chi connectivity index (χ1n) is 5.99. The predicted octanol–water partition coefficient (Wildman–Crippen LogP) is 0.809. The maximum Gasteiger partial charge on any atom is 0.322 e. The number of carbonyl (C=O) groups excluding carboxylic acids is 1. The molecule has 0 aliphatic rings. The largest absolute Gasteiger partial charge is 0.480 e. The van der Waals surface area contributed by atoms with Gasteiger partial charge in [0.15, 0.2) is 15.1 Å². The highest BCUT2D eigenvalue weighted by atomic mass is 32.2. The van der Waals surface area contributed by atoms with Crippen LogP contribution in [0.5, 0.6) is 0 Å². The van der Waals surface area contributed by atoms with Gasteiger partial charge in [-0.3, -0.25) is 9.59 Å². The predicted molar refractivity (Wildman–Crippen MR) is 73.8 cm³/mol. The lowest BCUT2D eigenvalue weighted by Crippen LogP contribution is -2.36. The van der Waals surface area contributed by atoms with Crippen molar-refractivity contribution in [1.82, 2.24) is 0 Å². The molecule has 20 heavy (non-hydrogen) atoms. The summed E-state index contributed by atoms with van der Waals surface area (Å²) < 4.78 is 24.4. The van der Waals surface area contributed by atoms with Crippen LogP contribution in [0.1, 0.15) is 29.8 Å². The fourth-order valence-electron chi connectivity index (χ4n) is 2.05. The van der Waals surface area contributed by atoms with Crippen LogP contribution in [-0.2, 0) is 20.4 Å². The molecule has 0 fully saturated rings. The molecule has 1 atom stereocenters. The molecule has 0 saturated carbocycles. The summed E-state index contributed by atoms with van der Waals surface area (Å²) in [5.41, 5.74) is 5.48. The molecule has 3 N–H and O–H groups in total. The lowest BCUT2D eigenvalue weighted by Gasteiger charge is -2.17. The number of carbonyl (C=O) groups is 2. The Bertz CT molecular complexity index is 621. The molecular formula is C13H17NO5S. The van der Waals surface area contributed by atoms with E-state index in [1.807, 2.05) is 0 Å². The summed E-state index contributed by atoms with van der Waals surface area (Å²) in [5.74, 6) is -3.23. The number of sulfone groups is 1. The van der Waals surface area contributed by atoms with Crippen molar-refractivity contribution in [3.05, 3.63) is 35.4 Å². The van der Waals surface area contributed by atoms with E-state index in [1.54, 1.807) is 12.1 Å². The molecule has 0 aliphatic carbocycles. The zero-order chi connectivity index (χ0) is 15.5. The second kappa shape index (κ2) is 6.04. The van der Waals surface area contributed by atoms with Crippen molar-refractivity contribution in [3.63, 3.8) is 0 Å². The number of nitrogens with two attached hydrogens (primary N) is 1. The number of amides is 1. The minimum Gasteiger partial charge on any atom is -0.480 e. The van der Waals surface area contributed by atoms with Crippen LogP contribution < -0.4 is 5.73 Å². The van der Waals surface area contributed by atoms with Gasteiger partial charge in [-0.2, -0.15) is 0 Å². The number of hydrogen-bond acceptors (Lipinski definition) is 4. The maximum absolute atomic E-state index is 12.2. The van der Waals surface area contributed by atoms with Crippen molar-refractivity contribution in [2.24, 2.45) is 11.7 Å². The van der Waals surface area contributed by atoms with E-state index in [2.05, 4.69) is 0 Å². The molecule has 0 radical (unpaired) electrons. The molecule has 1 unspecified atom stereocenters. The fourth-order valence-corrected chi connectivity index (χ4v) is 4.05. The molecule has 1 aromatic rings. The van der Waals surface area contributed by atoms with E-state index < -0.39 is 38.6 Å². The van der Waals surface area contributed by atoms with Gasteiger partial charge in [0.2, 0.25) is 5.91 Å². The van der Waals surface area contributed by atoms with Gasteiger partial charge in [0, 0.05) is 5.56 Å². The van der Waals surface area contributed by atoms with Gasteiger partial charge in [-0.1, -0.05) is 32.0 Å². The highest BCUT2D eigenvalue weighted by Gasteiger charge is 2.35. The fraction of sp³-hybridized carbons (Fsp3) is 0.385. The average Bonchev–Trinajstić information content (AvgIpc) is 2.26. The van der Waals surface area contributed by atoms with Crippen molar-refractivity contribution in [1.29, 1.82) is 0 Å². The van der Waals surface area contributed by atoms with Crippen LogP contribution in [0.15, 0.2) is 24.3 Å². The minimum atomic E-state index is -3.94. The Balaban J connectivity index is 3.21. The van der Waals surface area contributed by atoms with E-state index in [0.29, 0.717) is 0 Å². The zero-order valence-corrected chi connectivity index (χ0v) is 12.1. The first kappa shape index (κ1) is 16.2. The standard InChI is InChI=1S/C13H17NO5S/c1-8(2)11(13(16)17)20(18,19)7-9-5-3-4-6-10(9)12(14)15/h3-6,8,11H,7H2,1-2H3,(H2,14,15)(H,16,17). The quantitative estimate of drug-likeness (QED) is 0.806. The van der Waals surface area contributed by atoms with Crippen LogP contribution in [0.2, 0.25) is 0 Å². The van der Waals surface area contributed by atoms with Gasteiger partial charge in [0.25, 0.3) is 0 Å². The van der Waals surface area contributed by atoms with Gasteiger partial charge in [-0.15, -0.1) is 0 Å². The number of rotatable bonds is 6. The molecule has 1 rings (SSSR count). The third-order valence-electron chi connectivity index (χ3n) is 2.88. The summed E-state index contributed by atoms with van der Waals surface area (Å²) in [5, 5.41) is 7.55. The Hall–Kier alpha value is -1.89. The van der Waals surface area contributed by atoms with Crippen molar-refractivity contribution in [2.45, 2.75) is 24.9 Å². The van der Waals surface area contributed by atoms with Gasteiger partial charge in [0.05, 0.1) is 5.75 Å². The van der Waals surface area contributed by atoms with Crippen molar-refractivity contribution < 1.29 is 23.1 Å². The van der Waals surface area contributed by atoms with Crippen LogP contribution in [0, 0.1) is 5.92 Å². The van der Waals surface area contributed by atoms with Crippen LogP contribution in [0.4, 0.5) is 0 Å². The van der Waals surface area contributed by atoms with Gasteiger partial charge in [-0.25, -0.2) is 8.42 Å². The van der Waals surface area contributed by atoms with Gasteiger partial charge >= 0.3 is 5.97 Å². The second-order valence-electron chi connectivity index (χ2n) is 4.83. The first-order chi connectivity index (χ1) is 9.16. The molecule has 6 nitrogen and oxygen atoms in total. The summed E-state index contributed by atoms with van der Waals surface area (Å²) in [4.78, 5) is 22.4. The lowest BCUT2D eigenvalue weighted by atomic mass is 10.1. The van der Waals surface area contributed by atoms with Crippen LogP contribution >= 0.6 is 0 Å². The second-order valence-corrected chi connectivity index (χ2v) is 6.95. The average molecular weight is 299 g/mol. The van der Waals surface area contributed by atoms with Gasteiger partial charge in [0.1, 0.15) is 0 Å². The van der Waals surface area contributed by atoms with Crippen LogP contribution in [-0.4, -0.2) is 30.7 Å². The number of aliphatic carboxylic acids is 1. The van der Waals surface area contributed by atoms with E-state index in [4.69, 9.17) is 10.8 Å². The lowest BCUT2D eigenvalue weighted by molar-refractivity contribution is -0.137. The number of hydrogen-bond donors (Lipinski definition) is 2. The van der Waals surface area contributed by atoms with Crippen molar-refractivity contribution >= 4 is 21.7 Å². The molecule has 0 heterocycles. The van der Waals surface area contributed by atoms with E-state index in [-0.39, 0.29) is 11.1 Å². The molecule has 110 valence electrons. The molecule has 1 aromatic carbocycles. The topological polar surface area (TPSA) is 115 Å². The van der Waals surface area contributed by atoms with Crippen LogP contribution in [0.3, 0.4) is 0 Å². The Kier molecular flexibility index (Phi) is 4.88. The molecule has 7 heteroatoms. The summed E-state index contributed by atoms with van der Waals surface area (Å²) >= 11 is 0. The number of carboxylic acid groups (broad SMARTS) is 1. The van der Waals surface area contributed by atoms with Gasteiger partial charge in [-0.05, 0) is 17.5 Å². The summed E-state index contributed by atoms with van der Waals surface area (Å²) in [6.45, 7) is 3.05. The molecule has 0 saturated heterocycles. The minimum absolute atomic E-state index is 0.0870. The van der Waals surface area contributed by atoms with E-state index >= 15 is 0 Å². The van der Waals surface area contributed by atoms with E-state index in [1.165, 1.54) is 26.0 Å². The SMILES string of the molecule is CC(C)C(C(=O)O)S(=O)(=O)Cc1ccccc1C(N)=O. The molecule has 0 spiro atoms. The Morgan fingerprint density at radius 2 is 1.80 bits per heavy atom. The number of carboxylic acids is 1. The Labute approximate surface area is 117 Å². The molecular weight excluding hydrogens is 282 g/mol. The maximum atomic E-state index is 12.2. The zero-order valence-electron chi connectivity index (χ0n) is 11.2. The molecule has 0 aromatic heterocycles. The van der Waals surface area contributed by atoms with Crippen LogP contribution in [0.25, 0.3) is 0 Å². The first-order valence-corrected chi connectivity index (χ1v) is 7.70. The Morgan fingerprint density at radius 3 is 2.25 bits per heavy atom. The molecule has 0 bridgehead atoms.